The molecule has 7 heteroatoms. The van der Waals surface area contributed by atoms with Crippen LogP contribution in [0, 0.1) is 0 Å². The van der Waals surface area contributed by atoms with Gasteiger partial charge in [-0.3, -0.25) is 19.8 Å². The summed E-state index contributed by atoms with van der Waals surface area (Å²) in [6.45, 7) is 3.84. The highest BCUT2D eigenvalue weighted by atomic mass is 79.9. The van der Waals surface area contributed by atoms with Crippen LogP contribution in [0.1, 0.15) is 5.56 Å². The zero-order chi connectivity index (χ0) is 17.1. The average molecular weight is 394 g/mol. The zero-order valence-corrected chi connectivity index (χ0v) is 15.2. The monoisotopic (exact) mass is 393 g/mol. The van der Waals surface area contributed by atoms with Crippen LogP contribution in [0.2, 0.25) is 0 Å². The normalized spacial score (nSPS) is 16.6. The van der Waals surface area contributed by atoms with Crippen molar-refractivity contribution >= 4 is 56.8 Å². The fourth-order valence-corrected chi connectivity index (χ4v) is 3.13. The highest BCUT2D eigenvalue weighted by molar-refractivity contribution is 9.10. The van der Waals surface area contributed by atoms with Gasteiger partial charge in [-0.05, 0) is 51.9 Å². The molecule has 23 heavy (non-hydrogen) atoms. The second-order valence-electron chi connectivity index (χ2n) is 5.13. The van der Waals surface area contributed by atoms with Crippen molar-refractivity contribution in [3.05, 3.63) is 46.5 Å². The van der Waals surface area contributed by atoms with Gasteiger partial charge in [0.15, 0.2) is 5.11 Å². The van der Waals surface area contributed by atoms with E-state index in [1.807, 2.05) is 37.2 Å². The first-order valence-corrected chi connectivity index (χ1v) is 8.02. The van der Waals surface area contributed by atoms with E-state index in [0.717, 1.165) is 15.7 Å². The summed E-state index contributed by atoms with van der Waals surface area (Å²) in [4.78, 5) is 27.8. The number of hydrogen-bond donors (Lipinski definition) is 1. The number of carbonyl (C=O) groups is 2. The Bertz CT molecular complexity index is 728. The zero-order valence-electron chi connectivity index (χ0n) is 12.8. The molecule has 120 valence electrons. The molecule has 0 aromatic heterocycles. The lowest BCUT2D eigenvalue weighted by Crippen LogP contribution is -2.53. The van der Waals surface area contributed by atoms with E-state index in [1.165, 1.54) is 4.90 Å². The number of benzene rings is 1. The summed E-state index contributed by atoms with van der Waals surface area (Å²) in [7, 11) is 3.87. The van der Waals surface area contributed by atoms with Crippen LogP contribution >= 0.6 is 28.1 Å². The van der Waals surface area contributed by atoms with Crippen molar-refractivity contribution in [2.24, 2.45) is 0 Å². The molecule has 0 atom stereocenters. The van der Waals surface area contributed by atoms with E-state index >= 15 is 0 Å². The number of anilines is 1. The molecule has 1 saturated heterocycles. The van der Waals surface area contributed by atoms with Crippen molar-refractivity contribution in [1.29, 1.82) is 0 Å². The Morgan fingerprint density at radius 3 is 2.65 bits per heavy atom. The molecular formula is C16H16BrN3O2S. The van der Waals surface area contributed by atoms with E-state index in [2.05, 4.69) is 27.8 Å². The molecular weight excluding hydrogens is 378 g/mol. The molecule has 1 aromatic rings. The molecule has 1 aliphatic rings. The Balaban J connectivity index is 2.39. The van der Waals surface area contributed by atoms with Gasteiger partial charge in [-0.25, -0.2) is 0 Å². The summed E-state index contributed by atoms with van der Waals surface area (Å²) in [6, 6.07) is 5.61. The average Bonchev–Trinajstić information content (AvgIpc) is 2.47. The summed E-state index contributed by atoms with van der Waals surface area (Å²) in [5, 5.41) is 2.62. The van der Waals surface area contributed by atoms with E-state index in [1.54, 1.807) is 12.2 Å². The van der Waals surface area contributed by atoms with Crippen molar-refractivity contribution in [2.75, 3.05) is 25.5 Å². The van der Waals surface area contributed by atoms with E-state index in [0.29, 0.717) is 0 Å². The fourth-order valence-electron chi connectivity index (χ4n) is 2.13. The van der Waals surface area contributed by atoms with E-state index in [9.17, 15) is 9.59 Å². The van der Waals surface area contributed by atoms with Crippen molar-refractivity contribution in [2.45, 2.75) is 0 Å². The molecule has 1 aromatic carbocycles. The van der Waals surface area contributed by atoms with Gasteiger partial charge >= 0.3 is 0 Å². The summed E-state index contributed by atoms with van der Waals surface area (Å²) in [5.74, 6) is -0.917. The predicted octanol–water partition coefficient (Wildman–Crippen LogP) is 2.33. The maximum absolute atomic E-state index is 12.4. The minimum atomic E-state index is -0.492. The van der Waals surface area contributed by atoms with Crippen LogP contribution in [-0.4, -0.2) is 42.5 Å². The molecule has 0 aliphatic carbocycles. The smallest absolute Gasteiger partial charge is 0.265 e. The molecule has 1 heterocycles. The molecule has 0 bridgehead atoms. The molecule has 0 saturated carbocycles. The van der Waals surface area contributed by atoms with Gasteiger partial charge in [-0.2, -0.15) is 0 Å². The van der Waals surface area contributed by atoms with Gasteiger partial charge in [-0.15, -0.1) is 6.58 Å². The topological polar surface area (TPSA) is 52.7 Å². The second-order valence-corrected chi connectivity index (χ2v) is 6.37. The summed E-state index contributed by atoms with van der Waals surface area (Å²) in [6.07, 6.45) is 3.11. The highest BCUT2D eigenvalue weighted by Crippen LogP contribution is 2.27. The molecule has 1 aliphatic heterocycles. The Morgan fingerprint density at radius 1 is 1.39 bits per heavy atom. The third-order valence-corrected chi connectivity index (χ3v) is 4.22. The molecule has 1 fully saturated rings. The van der Waals surface area contributed by atoms with Gasteiger partial charge in [0, 0.05) is 25.1 Å². The minimum Gasteiger partial charge on any atom is -0.377 e. The Hall–Kier alpha value is -1.99. The van der Waals surface area contributed by atoms with Gasteiger partial charge in [0.2, 0.25) is 0 Å². The third-order valence-electron chi connectivity index (χ3n) is 3.26. The van der Waals surface area contributed by atoms with E-state index in [4.69, 9.17) is 12.2 Å². The quantitative estimate of drug-likeness (QED) is 0.369. The Labute approximate surface area is 148 Å². The Kier molecular flexibility index (Phi) is 5.33. The van der Waals surface area contributed by atoms with Crippen LogP contribution in [0.5, 0.6) is 0 Å². The summed E-state index contributed by atoms with van der Waals surface area (Å²) in [5.41, 5.74) is 1.79. The van der Waals surface area contributed by atoms with Crippen LogP contribution in [0.3, 0.4) is 0 Å². The molecule has 0 spiro atoms. The molecule has 1 N–H and O–H groups in total. The first-order valence-electron chi connectivity index (χ1n) is 6.81. The number of rotatable bonds is 4. The van der Waals surface area contributed by atoms with Crippen molar-refractivity contribution < 1.29 is 9.59 Å². The standard InChI is InChI=1S/C16H16BrN3O2S/c1-4-7-20-15(22)11(14(21)18-16(20)23)8-10-5-6-13(19(2)3)12(17)9-10/h4-6,8-9H,1,7H2,2-3H3,(H,18,21,23)/b11-8-. The number of thiocarbonyl (C=S) groups is 1. The van der Waals surface area contributed by atoms with Gasteiger partial charge < -0.3 is 4.90 Å². The van der Waals surface area contributed by atoms with Crippen molar-refractivity contribution in [1.82, 2.24) is 10.2 Å². The number of halogens is 1. The van der Waals surface area contributed by atoms with Gasteiger partial charge in [0.1, 0.15) is 5.57 Å². The first-order chi connectivity index (χ1) is 10.8. The highest BCUT2D eigenvalue weighted by Gasteiger charge is 2.32. The molecule has 2 amide bonds. The van der Waals surface area contributed by atoms with Crippen LogP contribution in [0.15, 0.2) is 40.9 Å². The largest absolute Gasteiger partial charge is 0.377 e. The number of nitrogens with one attached hydrogen (secondary N) is 1. The SMILES string of the molecule is C=CCN1C(=O)/C(=C\c2ccc(N(C)C)c(Br)c2)C(=O)NC1=S. The van der Waals surface area contributed by atoms with E-state index in [-0.39, 0.29) is 17.2 Å². The number of carbonyl (C=O) groups excluding carboxylic acids is 2. The first kappa shape index (κ1) is 17.4. The van der Waals surface area contributed by atoms with Gasteiger partial charge in [0.25, 0.3) is 11.8 Å². The molecule has 0 radical (unpaired) electrons. The van der Waals surface area contributed by atoms with Gasteiger partial charge in [-0.1, -0.05) is 12.1 Å². The van der Waals surface area contributed by atoms with Crippen LogP contribution in [0.4, 0.5) is 5.69 Å². The van der Waals surface area contributed by atoms with Gasteiger partial charge in [0.05, 0.1) is 5.69 Å². The predicted molar refractivity (Wildman–Crippen MR) is 99.1 cm³/mol. The molecule has 2 rings (SSSR count). The fraction of sp³-hybridized carbons (Fsp3) is 0.188. The second kappa shape index (κ2) is 7.06. The summed E-state index contributed by atoms with van der Waals surface area (Å²) < 4.78 is 0.874. The maximum Gasteiger partial charge on any atom is 0.265 e. The number of nitrogens with zero attached hydrogens (tertiary/aromatic N) is 2. The number of hydrogen-bond acceptors (Lipinski definition) is 4. The van der Waals surface area contributed by atoms with Crippen LogP contribution in [0.25, 0.3) is 6.08 Å². The lowest BCUT2D eigenvalue weighted by Gasteiger charge is -2.27. The lowest BCUT2D eigenvalue weighted by atomic mass is 10.1. The molecule has 5 nitrogen and oxygen atoms in total. The maximum atomic E-state index is 12.4. The molecule has 0 unspecified atom stereocenters. The van der Waals surface area contributed by atoms with Crippen LogP contribution < -0.4 is 10.2 Å². The van der Waals surface area contributed by atoms with Crippen molar-refractivity contribution in [3.8, 4) is 0 Å². The van der Waals surface area contributed by atoms with Crippen LogP contribution in [-0.2, 0) is 9.59 Å². The summed E-state index contributed by atoms with van der Waals surface area (Å²) >= 11 is 8.50. The lowest BCUT2D eigenvalue weighted by molar-refractivity contribution is -0.128. The number of amides is 2. The Morgan fingerprint density at radius 2 is 2.09 bits per heavy atom. The minimum absolute atomic E-state index is 0.0463. The van der Waals surface area contributed by atoms with Crippen molar-refractivity contribution in [3.63, 3.8) is 0 Å². The third kappa shape index (κ3) is 3.68. The van der Waals surface area contributed by atoms with E-state index < -0.39 is 11.8 Å².